The van der Waals surface area contributed by atoms with Gasteiger partial charge in [0.15, 0.2) is 0 Å². The van der Waals surface area contributed by atoms with E-state index in [4.69, 9.17) is 4.74 Å². The fourth-order valence-electron chi connectivity index (χ4n) is 2.22. The van der Waals surface area contributed by atoms with Gasteiger partial charge in [-0.05, 0) is 29.7 Å². The molecule has 2 aromatic rings. The van der Waals surface area contributed by atoms with Gasteiger partial charge in [-0.1, -0.05) is 42.5 Å². The van der Waals surface area contributed by atoms with E-state index in [1.807, 2.05) is 36.4 Å². The molecule has 0 fully saturated rings. The Balaban J connectivity index is 2.02. The van der Waals surface area contributed by atoms with Crippen molar-refractivity contribution in [2.75, 3.05) is 13.7 Å². The molecular weight excluding hydrogens is 250 g/mol. The van der Waals surface area contributed by atoms with Crippen molar-refractivity contribution >= 4 is 0 Å². The molecule has 0 aromatic heterocycles. The quantitative estimate of drug-likeness (QED) is 0.813. The summed E-state index contributed by atoms with van der Waals surface area (Å²) in [6.07, 6.45) is 0.702. The van der Waals surface area contributed by atoms with Gasteiger partial charge in [-0.2, -0.15) is 0 Å². The van der Waals surface area contributed by atoms with Gasteiger partial charge in [0.2, 0.25) is 0 Å². The Morgan fingerprint density at radius 3 is 2.60 bits per heavy atom. The van der Waals surface area contributed by atoms with E-state index in [-0.39, 0.29) is 12.6 Å². The van der Waals surface area contributed by atoms with Gasteiger partial charge in [0.05, 0.1) is 7.11 Å². The van der Waals surface area contributed by atoms with E-state index in [2.05, 4.69) is 23.5 Å². The summed E-state index contributed by atoms with van der Waals surface area (Å²) in [4.78, 5) is 0. The van der Waals surface area contributed by atoms with Crippen LogP contribution in [0.25, 0.3) is 0 Å². The molecule has 0 amide bonds. The second-order valence-electron chi connectivity index (χ2n) is 4.71. The summed E-state index contributed by atoms with van der Waals surface area (Å²) in [7, 11) is 1.67. The first-order valence-electron chi connectivity index (χ1n) is 6.85. The van der Waals surface area contributed by atoms with Crippen LogP contribution < -0.4 is 10.1 Å². The molecule has 20 heavy (non-hydrogen) atoms. The molecular formula is C17H21NO2. The molecule has 3 heteroatoms. The predicted octanol–water partition coefficient (Wildman–Crippen LogP) is 2.91. The van der Waals surface area contributed by atoms with Gasteiger partial charge in [0.1, 0.15) is 5.75 Å². The molecule has 1 atom stereocenters. The number of hydrogen-bond donors (Lipinski definition) is 2. The molecule has 0 unspecified atom stereocenters. The summed E-state index contributed by atoms with van der Waals surface area (Å²) >= 11 is 0. The van der Waals surface area contributed by atoms with Crippen molar-refractivity contribution < 1.29 is 9.84 Å². The van der Waals surface area contributed by atoms with E-state index in [1.165, 1.54) is 11.1 Å². The predicted molar refractivity (Wildman–Crippen MR) is 80.7 cm³/mol. The fraction of sp³-hybridized carbons (Fsp3) is 0.294. The van der Waals surface area contributed by atoms with Gasteiger partial charge >= 0.3 is 0 Å². The van der Waals surface area contributed by atoms with E-state index in [0.717, 1.165) is 12.3 Å². The van der Waals surface area contributed by atoms with E-state index < -0.39 is 0 Å². The van der Waals surface area contributed by atoms with Crippen molar-refractivity contribution in [1.29, 1.82) is 0 Å². The third-order valence-corrected chi connectivity index (χ3v) is 3.31. The Morgan fingerprint density at radius 1 is 1.10 bits per heavy atom. The first-order valence-corrected chi connectivity index (χ1v) is 6.85. The van der Waals surface area contributed by atoms with Gasteiger partial charge in [0, 0.05) is 19.2 Å². The third-order valence-electron chi connectivity index (χ3n) is 3.31. The Morgan fingerprint density at radius 2 is 1.90 bits per heavy atom. The van der Waals surface area contributed by atoms with Crippen molar-refractivity contribution in [2.24, 2.45) is 0 Å². The van der Waals surface area contributed by atoms with Gasteiger partial charge in [-0.3, -0.25) is 0 Å². The Labute approximate surface area is 120 Å². The Bertz CT molecular complexity index is 513. The minimum Gasteiger partial charge on any atom is -0.497 e. The van der Waals surface area contributed by atoms with Crippen LogP contribution >= 0.6 is 0 Å². The van der Waals surface area contributed by atoms with Gasteiger partial charge in [-0.25, -0.2) is 0 Å². The molecule has 0 heterocycles. The molecule has 106 valence electrons. The normalized spacial score (nSPS) is 12.1. The topological polar surface area (TPSA) is 41.5 Å². The number of nitrogens with one attached hydrogen (secondary N) is 1. The second-order valence-corrected chi connectivity index (χ2v) is 4.71. The SMILES string of the molecule is COc1cccc(CN[C@H](CCO)c2ccccc2)c1. The number of hydrogen-bond acceptors (Lipinski definition) is 3. The summed E-state index contributed by atoms with van der Waals surface area (Å²) in [5.41, 5.74) is 2.37. The molecule has 0 aliphatic rings. The zero-order valence-corrected chi connectivity index (χ0v) is 11.8. The third kappa shape index (κ3) is 4.08. The van der Waals surface area contributed by atoms with Crippen LogP contribution in [0.2, 0.25) is 0 Å². The van der Waals surface area contributed by atoms with Crippen molar-refractivity contribution in [3.63, 3.8) is 0 Å². The molecule has 0 radical (unpaired) electrons. The molecule has 0 bridgehead atoms. The van der Waals surface area contributed by atoms with Crippen LogP contribution in [0.1, 0.15) is 23.6 Å². The average Bonchev–Trinajstić information content (AvgIpc) is 2.52. The van der Waals surface area contributed by atoms with Crippen molar-refractivity contribution in [3.8, 4) is 5.75 Å². The maximum absolute atomic E-state index is 9.22. The number of benzene rings is 2. The Kier molecular flexibility index (Phi) is 5.59. The van der Waals surface area contributed by atoms with Crippen LogP contribution in [0.3, 0.4) is 0 Å². The zero-order valence-electron chi connectivity index (χ0n) is 11.8. The van der Waals surface area contributed by atoms with Crippen LogP contribution in [-0.2, 0) is 6.54 Å². The molecule has 0 aliphatic heterocycles. The monoisotopic (exact) mass is 271 g/mol. The standard InChI is InChI=1S/C17H21NO2/c1-20-16-9-5-6-14(12-16)13-18-17(10-11-19)15-7-3-2-4-8-15/h2-9,12,17-19H,10-11,13H2,1H3/t17-/m1/s1. The molecule has 2 aromatic carbocycles. The molecule has 2 rings (SSSR count). The molecule has 0 saturated heterocycles. The zero-order chi connectivity index (χ0) is 14.2. The van der Waals surface area contributed by atoms with Crippen molar-refractivity contribution in [1.82, 2.24) is 5.32 Å². The largest absolute Gasteiger partial charge is 0.497 e. The number of ether oxygens (including phenoxy) is 1. The molecule has 3 nitrogen and oxygen atoms in total. The highest BCUT2D eigenvalue weighted by Crippen LogP contribution is 2.18. The lowest BCUT2D eigenvalue weighted by Crippen LogP contribution is -2.22. The molecule has 2 N–H and O–H groups in total. The second kappa shape index (κ2) is 7.68. The minimum absolute atomic E-state index is 0.160. The Hall–Kier alpha value is -1.84. The summed E-state index contributed by atoms with van der Waals surface area (Å²) < 4.78 is 5.23. The lowest BCUT2D eigenvalue weighted by atomic mass is 10.0. The van der Waals surface area contributed by atoms with E-state index in [0.29, 0.717) is 6.42 Å². The van der Waals surface area contributed by atoms with Gasteiger partial charge in [-0.15, -0.1) is 0 Å². The van der Waals surface area contributed by atoms with Crippen molar-refractivity contribution in [3.05, 3.63) is 65.7 Å². The molecule has 0 spiro atoms. The first-order chi connectivity index (χ1) is 9.83. The molecule has 0 saturated carbocycles. The summed E-state index contributed by atoms with van der Waals surface area (Å²) in [5, 5.41) is 12.7. The van der Waals surface area contributed by atoms with Gasteiger partial charge < -0.3 is 15.2 Å². The average molecular weight is 271 g/mol. The maximum Gasteiger partial charge on any atom is 0.119 e. The van der Waals surface area contributed by atoms with Crippen molar-refractivity contribution in [2.45, 2.75) is 19.0 Å². The van der Waals surface area contributed by atoms with E-state index >= 15 is 0 Å². The lowest BCUT2D eigenvalue weighted by molar-refractivity contribution is 0.265. The lowest BCUT2D eigenvalue weighted by Gasteiger charge is -2.18. The van der Waals surface area contributed by atoms with Crippen LogP contribution in [0.5, 0.6) is 5.75 Å². The number of aliphatic hydroxyl groups excluding tert-OH is 1. The number of rotatable bonds is 7. The van der Waals surface area contributed by atoms with Crippen LogP contribution in [0.4, 0.5) is 0 Å². The number of methoxy groups -OCH3 is 1. The number of aliphatic hydroxyl groups is 1. The van der Waals surface area contributed by atoms with Crippen LogP contribution in [0.15, 0.2) is 54.6 Å². The highest BCUT2D eigenvalue weighted by Gasteiger charge is 2.09. The summed E-state index contributed by atoms with van der Waals surface area (Å²) in [6, 6.07) is 18.4. The summed E-state index contributed by atoms with van der Waals surface area (Å²) in [6.45, 7) is 0.918. The van der Waals surface area contributed by atoms with E-state index in [9.17, 15) is 5.11 Å². The smallest absolute Gasteiger partial charge is 0.119 e. The molecule has 0 aliphatic carbocycles. The van der Waals surface area contributed by atoms with E-state index in [1.54, 1.807) is 7.11 Å². The van der Waals surface area contributed by atoms with Crippen LogP contribution in [-0.4, -0.2) is 18.8 Å². The first kappa shape index (κ1) is 14.6. The highest BCUT2D eigenvalue weighted by atomic mass is 16.5. The summed E-state index contributed by atoms with van der Waals surface area (Å²) in [5.74, 6) is 0.864. The highest BCUT2D eigenvalue weighted by molar-refractivity contribution is 5.28. The minimum atomic E-state index is 0.160. The van der Waals surface area contributed by atoms with Crippen LogP contribution in [0, 0.1) is 0 Å². The fourth-order valence-corrected chi connectivity index (χ4v) is 2.22. The maximum atomic E-state index is 9.22. The van der Waals surface area contributed by atoms with Gasteiger partial charge in [0.25, 0.3) is 0 Å².